The number of thiocarbonyl (C=S) groups is 1. The van der Waals surface area contributed by atoms with Crippen molar-refractivity contribution in [3.8, 4) is 11.5 Å². The average molecular weight is 412 g/mol. The minimum atomic E-state index is -0.487. The molecule has 0 aliphatic carbocycles. The molecule has 3 N–H and O–H groups in total. The molecule has 1 heterocycles. The third-order valence-electron chi connectivity index (χ3n) is 5.11. The highest BCUT2D eigenvalue weighted by molar-refractivity contribution is 7.80. The molecule has 152 valence electrons. The Hall–Kier alpha value is -3.06. The fourth-order valence-electron chi connectivity index (χ4n) is 3.44. The summed E-state index contributed by atoms with van der Waals surface area (Å²) in [6.45, 7) is 5.84. The Morgan fingerprint density at radius 2 is 1.79 bits per heavy atom. The number of benzene rings is 2. The van der Waals surface area contributed by atoms with E-state index in [1.54, 1.807) is 14.2 Å². The molecule has 29 heavy (non-hydrogen) atoms. The molecule has 2 aromatic rings. The number of hydrogen-bond donors (Lipinski definition) is 3. The number of hydrogen-bond acceptors (Lipinski definition) is 4. The van der Waals surface area contributed by atoms with E-state index < -0.39 is 6.04 Å². The Bertz CT molecular complexity index is 1000. The second kappa shape index (κ2) is 8.53. The van der Waals surface area contributed by atoms with Crippen LogP contribution in [0.4, 0.5) is 5.69 Å². The van der Waals surface area contributed by atoms with Gasteiger partial charge < -0.3 is 25.4 Å². The van der Waals surface area contributed by atoms with Gasteiger partial charge in [-0.25, -0.2) is 0 Å². The van der Waals surface area contributed by atoms with Crippen LogP contribution >= 0.6 is 12.2 Å². The van der Waals surface area contributed by atoms with E-state index in [2.05, 4.69) is 16.0 Å². The number of carbonyl (C=O) groups is 1. The van der Waals surface area contributed by atoms with Crippen LogP contribution in [0.15, 0.2) is 47.7 Å². The van der Waals surface area contributed by atoms with Crippen LogP contribution in [0.5, 0.6) is 11.5 Å². The van der Waals surface area contributed by atoms with Crippen molar-refractivity contribution in [1.82, 2.24) is 10.6 Å². The number of amides is 1. The molecule has 0 saturated carbocycles. The maximum Gasteiger partial charge on any atom is 0.255 e. The Morgan fingerprint density at radius 1 is 1.07 bits per heavy atom. The highest BCUT2D eigenvalue weighted by Gasteiger charge is 2.32. The standard InChI is InChI=1S/C22H25N3O3S/c1-12-8-6-10-16(13(12)2)24-21(26)18-14(3)23-22(29)25-19(18)15-9-7-11-17(27-4)20(15)28-5/h6-11,19H,1-5H3,(H,24,26)(H2,23,25,29)/t19-/m0/s1. The van der Waals surface area contributed by atoms with E-state index in [1.165, 1.54) is 0 Å². The highest BCUT2D eigenvalue weighted by Crippen LogP contribution is 2.39. The molecule has 0 fully saturated rings. The molecular weight excluding hydrogens is 386 g/mol. The molecule has 0 radical (unpaired) electrons. The fraction of sp³-hybridized carbons (Fsp3) is 0.273. The zero-order valence-electron chi connectivity index (χ0n) is 17.2. The highest BCUT2D eigenvalue weighted by atomic mass is 32.1. The summed E-state index contributed by atoms with van der Waals surface area (Å²) in [6, 6.07) is 10.9. The van der Waals surface area contributed by atoms with Crippen molar-refractivity contribution in [3.05, 3.63) is 64.4 Å². The van der Waals surface area contributed by atoms with Crippen LogP contribution < -0.4 is 25.4 Å². The molecule has 0 unspecified atom stereocenters. The molecule has 0 spiro atoms. The van der Waals surface area contributed by atoms with Crippen molar-refractivity contribution in [2.45, 2.75) is 26.8 Å². The molecule has 0 saturated heterocycles. The first-order valence-corrected chi connectivity index (χ1v) is 9.65. The summed E-state index contributed by atoms with van der Waals surface area (Å²) >= 11 is 5.35. The molecule has 1 aliphatic heterocycles. The molecule has 1 aliphatic rings. The predicted molar refractivity (Wildman–Crippen MR) is 118 cm³/mol. The first-order chi connectivity index (χ1) is 13.9. The maximum atomic E-state index is 13.3. The normalized spacial score (nSPS) is 16.0. The third-order valence-corrected chi connectivity index (χ3v) is 5.33. The SMILES string of the molecule is COc1cccc([C@@H]2NC(=S)NC(C)=C2C(=O)Nc2cccc(C)c2C)c1OC. The number of rotatable bonds is 5. The summed E-state index contributed by atoms with van der Waals surface area (Å²) in [5.41, 5.74) is 4.90. The van der Waals surface area contributed by atoms with E-state index in [1.807, 2.05) is 57.2 Å². The van der Waals surface area contributed by atoms with Crippen molar-refractivity contribution in [1.29, 1.82) is 0 Å². The van der Waals surface area contributed by atoms with Gasteiger partial charge in [-0.05, 0) is 56.2 Å². The number of anilines is 1. The molecule has 2 aromatic carbocycles. The number of nitrogens with one attached hydrogen (secondary N) is 3. The third kappa shape index (κ3) is 4.05. The number of aryl methyl sites for hydroxylation is 1. The second-order valence-electron chi connectivity index (χ2n) is 6.85. The molecule has 6 nitrogen and oxygen atoms in total. The first kappa shape index (κ1) is 20.7. The van der Waals surface area contributed by atoms with Gasteiger partial charge in [0, 0.05) is 16.9 Å². The summed E-state index contributed by atoms with van der Waals surface area (Å²) < 4.78 is 11.0. The molecule has 0 aromatic heterocycles. The van der Waals surface area contributed by atoms with Gasteiger partial charge in [0.15, 0.2) is 16.6 Å². The van der Waals surface area contributed by atoms with Gasteiger partial charge in [0.2, 0.25) is 0 Å². The maximum absolute atomic E-state index is 13.3. The first-order valence-electron chi connectivity index (χ1n) is 9.24. The summed E-state index contributed by atoms with van der Waals surface area (Å²) in [5, 5.41) is 9.74. The Kier molecular flexibility index (Phi) is 6.08. The molecule has 0 bridgehead atoms. The van der Waals surface area contributed by atoms with E-state index in [0.717, 1.165) is 22.4 Å². The van der Waals surface area contributed by atoms with Gasteiger partial charge in [-0.2, -0.15) is 0 Å². The lowest BCUT2D eigenvalue weighted by Gasteiger charge is -2.31. The van der Waals surface area contributed by atoms with Crippen LogP contribution in [0.3, 0.4) is 0 Å². The van der Waals surface area contributed by atoms with Gasteiger partial charge in [0.05, 0.1) is 25.8 Å². The van der Waals surface area contributed by atoms with Crippen LogP contribution in [0.1, 0.15) is 29.7 Å². The smallest absolute Gasteiger partial charge is 0.255 e. The number of methoxy groups -OCH3 is 2. The summed E-state index contributed by atoms with van der Waals surface area (Å²) in [5.74, 6) is 0.929. The van der Waals surface area contributed by atoms with Crippen molar-refractivity contribution in [2.24, 2.45) is 0 Å². The lowest BCUT2D eigenvalue weighted by Crippen LogP contribution is -2.45. The Labute approximate surface area is 176 Å². The van der Waals surface area contributed by atoms with E-state index in [-0.39, 0.29) is 5.91 Å². The van der Waals surface area contributed by atoms with Crippen LogP contribution in [-0.4, -0.2) is 25.2 Å². The Balaban J connectivity index is 2.05. The fourth-order valence-corrected chi connectivity index (χ4v) is 3.71. The quantitative estimate of drug-likeness (QED) is 0.651. The molecule has 1 amide bonds. The molecule has 7 heteroatoms. The van der Waals surface area contributed by atoms with Gasteiger partial charge in [-0.3, -0.25) is 4.79 Å². The van der Waals surface area contributed by atoms with Gasteiger partial charge in [-0.15, -0.1) is 0 Å². The monoisotopic (exact) mass is 411 g/mol. The van der Waals surface area contributed by atoms with Crippen LogP contribution in [-0.2, 0) is 4.79 Å². The van der Waals surface area contributed by atoms with Crippen molar-refractivity contribution in [2.75, 3.05) is 19.5 Å². The van der Waals surface area contributed by atoms with E-state index in [0.29, 0.717) is 27.9 Å². The van der Waals surface area contributed by atoms with Gasteiger partial charge >= 0.3 is 0 Å². The lowest BCUT2D eigenvalue weighted by molar-refractivity contribution is -0.113. The van der Waals surface area contributed by atoms with Gasteiger partial charge in [0.25, 0.3) is 5.91 Å². The average Bonchev–Trinajstić information content (AvgIpc) is 2.69. The van der Waals surface area contributed by atoms with Gasteiger partial charge in [0.1, 0.15) is 0 Å². The van der Waals surface area contributed by atoms with Crippen molar-refractivity contribution < 1.29 is 14.3 Å². The lowest BCUT2D eigenvalue weighted by atomic mass is 9.93. The topological polar surface area (TPSA) is 71.6 Å². The summed E-state index contributed by atoms with van der Waals surface area (Å²) in [6.07, 6.45) is 0. The van der Waals surface area contributed by atoms with Crippen LogP contribution in [0, 0.1) is 13.8 Å². The number of carbonyl (C=O) groups excluding carboxylic acids is 1. The van der Waals surface area contributed by atoms with Gasteiger partial charge in [-0.1, -0.05) is 24.3 Å². The van der Waals surface area contributed by atoms with E-state index in [9.17, 15) is 4.79 Å². The molecular formula is C22H25N3O3S. The van der Waals surface area contributed by atoms with Crippen LogP contribution in [0.2, 0.25) is 0 Å². The van der Waals surface area contributed by atoms with Crippen molar-refractivity contribution >= 4 is 28.9 Å². The predicted octanol–water partition coefficient (Wildman–Crippen LogP) is 3.75. The van der Waals surface area contributed by atoms with Crippen molar-refractivity contribution in [3.63, 3.8) is 0 Å². The largest absolute Gasteiger partial charge is 0.493 e. The number of ether oxygens (including phenoxy) is 2. The van der Waals surface area contributed by atoms with E-state index in [4.69, 9.17) is 21.7 Å². The minimum Gasteiger partial charge on any atom is -0.493 e. The zero-order chi connectivity index (χ0) is 21.1. The summed E-state index contributed by atoms with van der Waals surface area (Å²) in [4.78, 5) is 13.3. The Morgan fingerprint density at radius 3 is 2.48 bits per heavy atom. The minimum absolute atomic E-state index is 0.214. The second-order valence-corrected chi connectivity index (χ2v) is 7.26. The zero-order valence-corrected chi connectivity index (χ0v) is 18.0. The number of para-hydroxylation sites is 1. The molecule has 1 atom stereocenters. The molecule has 3 rings (SSSR count). The summed E-state index contributed by atoms with van der Waals surface area (Å²) in [7, 11) is 3.16. The van der Waals surface area contributed by atoms with Crippen LogP contribution in [0.25, 0.3) is 0 Å². The number of allylic oxidation sites excluding steroid dienone is 1. The van der Waals surface area contributed by atoms with E-state index >= 15 is 0 Å².